The highest BCUT2D eigenvalue weighted by Gasteiger charge is 1.95. The van der Waals surface area contributed by atoms with Gasteiger partial charge in [-0.2, -0.15) is 0 Å². The molecular formula is C7H8O3. The largest absolute Gasteiger partial charge is 0.478 e. The minimum atomic E-state index is -0.959. The number of hydrogen-bond donors (Lipinski definition) is 1. The molecule has 0 amide bonds. The molecule has 10 heavy (non-hydrogen) atoms. The van der Waals surface area contributed by atoms with Crippen LogP contribution in [0.3, 0.4) is 0 Å². The number of rotatable bonds is 3. The average molecular weight is 140 g/mol. The summed E-state index contributed by atoms with van der Waals surface area (Å²) in [6.07, 6.45) is 3.02. The van der Waals surface area contributed by atoms with Crippen molar-refractivity contribution < 1.29 is 14.7 Å². The molecule has 0 aliphatic carbocycles. The minimum Gasteiger partial charge on any atom is -0.478 e. The quantitative estimate of drug-likeness (QED) is 0.466. The number of carbonyl (C=O) groups is 1. The van der Waals surface area contributed by atoms with Gasteiger partial charge in [0, 0.05) is 11.6 Å². The van der Waals surface area contributed by atoms with Gasteiger partial charge < -0.3 is 5.11 Å². The topological polar surface area (TPSA) is 54.4 Å². The molecule has 0 heterocycles. The van der Waals surface area contributed by atoms with Gasteiger partial charge in [-0.05, 0) is 13.3 Å². The fraction of sp³-hybridized carbons (Fsp3) is 0.286. The first-order valence-corrected chi connectivity index (χ1v) is 2.78. The van der Waals surface area contributed by atoms with Crippen molar-refractivity contribution in [3.8, 4) is 0 Å². The minimum absolute atomic E-state index is 0.242. The Kier molecular flexibility index (Phi) is 3.92. The molecule has 0 saturated carbocycles. The lowest BCUT2D eigenvalue weighted by atomic mass is 10.2. The first-order chi connectivity index (χ1) is 4.68. The maximum Gasteiger partial charge on any atom is 0.330 e. The van der Waals surface area contributed by atoms with Gasteiger partial charge in [0.1, 0.15) is 5.94 Å². The van der Waals surface area contributed by atoms with Gasteiger partial charge in [0.25, 0.3) is 0 Å². The Morgan fingerprint density at radius 1 is 1.70 bits per heavy atom. The van der Waals surface area contributed by atoms with Crippen LogP contribution in [0.5, 0.6) is 0 Å². The summed E-state index contributed by atoms with van der Waals surface area (Å²) >= 11 is 0. The monoisotopic (exact) mass is 140 g/mol. The van der Waals surface area contributed by atoms with Crippen LogP contribution in [0.4, 0.5) is 0 Å². The van der Waals surface area contributed by atoms with Crippen LogP contribution in [0.15, 0.2) is 17.7 Å². The van der Waals surface area contributed by atoms with Crippen molar-refractivity contribution in [2.24, 2.45) is 0 Å². The molecule has 1 N–H and O–H groups in total. The van der Waals surface area contributed by atoms with Crippen molar-refractivity contribution >= 4 is 11.9 Å². The second-order valence-electron chi connectivity index (χ2n) is 1.75. The van der Waals surface area contributed by atoms with Crippen LogP contribution in [0, 0.1) is 0 Å². The van der Waals surface area contributed by atoms with Crippen molar-refractivity contribution in [1.82, 2.24) is 0 Å². The molecule has 0 bridgehead atoms. The zero-order valence-corrected chi connectivity index (χ0v) is 5.63. The third kappa shape index (κ3) is 3.64. The molecular weight excluding hydrogens is 132 g/mol. The van der Waals surface area contributed by atoms with E-state index >= 15 is 0 Å². The normalized spacial score (nSPS) is 10.3. The van der Waals surface area contributed by atoms with E-state index in [1.807, 2.05) is 0 Å². The molecule has 0 aromatic carbocycles. The number of allylic oxidation sites excluding steroid dienone is 2. The molecule has 0 aliphatic heterocycles. The van der Waals surface area contributed by atoms with Crippen molar-refractivity contribution in [2.75, 3.05) is 0 Å². The van der Waals surface area contributed by atoms with Gasteiger partial charge in [-0.25, -0.2) is 9.59 Å². The Hall–Kier alpha value is -1.34. The zero-order valence-electron chi connectivity index (χ0n) is 5.63. The van der Waals surface area contributed by atoms with E-state index in [9.17, 15) is 9.59 Å². The maximum atomic E-state index is 10.1. The van der Waals surface area contributed by atoms with E-state index in [1.165, 1.54) is 19.1 Å². The lowest BCUT2D eigenvalue weighted by molar-refractivity contribution is -0.132. The van der Waals surface area contributed by atoms with Crippen LogP contribution in [-0.4, -0.2) is 17.0 Å². The Morgan fingerprint density at radius 2 is 2.30 bits per heavy atom. The SMILES string of the molecule is C/C(=C\CC=C=O)C(=O)O. The van der Waals surface area contributed by atoms with Gasteiger partial charge in [-0.15, -0.1) is 0 Å². The van der Waals surface area contributed by atoms with Gasteiger partial charge in [-0.3, -0.25) is 0 Å². The number of hydrogen-bond acceptors (Lipinski definition) is 2. The Morgan fingerprint density at radius 3 is 2.70 bits per heavy atom. The van der Waals surface area contributed by atoms with E-state index in [0.29, 0.717) is 6.42 Å². The van der Waals surface area contributed by atoms with Gasteiger partial charge in [0.15, 0.2) is 0 Å². The van der Waals surface area contributed by atoms with Crippen molar-refractivity contribution in [1.29, 1.82) is 0 Å². The zero-order chi connectivity index (χ0) is 7.98. The van der Waals surface area contributed by atoms with Crippen LogP contribution in [0.2, 0.25) is 0 Å². The highest BCUT2D eigenvalue weighted by atomic mass is 16.4. The van der Waals surface area contributed by atoms with Crippen LogP contribution < -0.4 is 0 Å². The molecule has 54 valence electrons. The summed E-state index contributed by atoms with van der Waals surface area (Å²) in [5.41, 5.74) is 0.242. The van der Waals surface area contributed by atoms with E-state index in [0.717, 1.165) is 0 Å². The van der Waals surface area contributed by atoms with Crippen molar-refractivity contribution in [3.05, 3.63) is 17.7 Å². The smallest absolute Gasteiger partial charge is 0.330 e. The molecule has 0 spiro atoms. The van der Waals surface area contributed by atoms with Crippen molar-refractivity contribution in [3.63, 3.8) is 0 Å². The molecule has 0 aromatic rings. The van der Waals surface area contributed by atoms with E-state index < -0.39 is 5.97 Å². The molecule has 0 fully saturated rings. The molecule has 3 nitrogen and oxygen atoms in total. The van der Waals surface area contributed by atoms with E-state index in [-0.39, 0.29) is 5.57 Å². The second-order valence-corrected chi connectivity index (χ2v) is 1.75. The first-order valence-electron chi connectivity index (χ1n) is 2.78. The summed E-state index contributed by atoms with van der Waals surface area (Å²) in [6, 6.07) is 0. The lowest BCUT2D eigenvalue weighted by Crippen LogP contribution is -1.94. The third-order valence-corrected chi connectivity index (χ3v) is 0.963. The van der Waals surface area contributed by atoms with E-state index in [4.69, 9.17) is 5.11 Å². The average Bonchev–Trinajstić information content (AvgIpc) is 1.88. The summed E-state index contributed by atoms with van der Waals surface area (Å²) in [5, 5.41) is 8.30. The summed E-state index contributed by atoms with van der Waals surface area (Å²) < 4.78 is 0. The molecule has 0 unspecified atom stereocenters. The standard InChI is InChI=1S/C7H8O3/c1-6(7(9)10)4-2-3-5-8/h3-4H,2H2,1H3,(H,9,10)/b6-4+. The Labute approximate surface area is 58.7 Å². The van der Waals surface area contributed by atoms with E-state index in [2.05, 4.69) is 0 Å². The molecule has 0 rings (SSSR count). The highest BCUT2D eigenvalue weighted by molar-refractivity contribution is 5.85. The summed E-state index contributed by atoms with van der Waals surface area (Å²) in [7, 11) is 0. The van der Waals surface area contributed by atoms with Gasteiger partial charge >= 0.3 is 5.97 Å². The van der Waals surface area contributed by atoms with Gasteiger partial charge in [0.2, 0.25) is 0 Å². The molecule has 0 saturated heterocycles. The predicted molar refractivity (Wildman–Crippen MR) is 36.3 cm³/mol. The highest BCUT2D eigenvalue weighted by Crippen LogP contribution is 1.94. The maximum absolute atomic E-state index is 10.1. The fourth-order valence-corrected chi connectivity index (χ4v) is 0.371. The van der Waals surface area contributed by atoms with Gasteiger partial charge in [-0.1, -0.05) is 6.08 Å². The number of aliphatic carboxylic acids is 1. The number of carbonyl (C=O) groups excluding carboxylic acids is 1. The second kappa shape index (κ2) is 4.53. The van der Waals surface area contributed by atoms with Crippen LogP contribution in [0.25, 0.3) is 0 Å². The Balaban J connectivity index is 3.92. The van der Waals surface area contributed by atoms with E-state index in [1.54, 1.807) is 5.94 Å². The fourth-order valence-electron chi connectivity index (χ4n) is 0.371. The summed E-state index contributed by atoms with van der Waals surface area (Å²) in [6.45, 7) is 1.47. The molecule has 0 atom stereocenters. The van der Waals surface area contributed by atoms with Crippen LogP contribution >= 0.6 is 0 Å². The molecule has 3 heteroatoms. The first kappa shape index (κ1) is 8.66. The third-order valence-electron chi connectivity index (χ3n) is 0.963. The Bertz CT molecular complexity index is 197. The molecule has 0 radical (unpaired) electrons. The van der Waals surface area contributed by atoms with Crippen LogP contribution in [-0.2, 0) is 9.59 Å². The van der Waals surface area contributed by atoms with Crippen molar-refractivity contribution in [2.45, 2.75) is 13.3 Å². The predicted octanol–water partition coefficient (Wildman–Crippen LogP) is 0.795. The lowest BCUT2D eigenvalue weighted by Gasteiger charge is -1.87. The summed E-state index contributed by atoms with van der Waals surface area (Å²) in [5.74, 6) is 0.590. The number of carboxylic acids is 1. The number of carboxylic acid groups (broad SMARTS) is 1. The molecule has 0 aliphatic rings. The molecule has 0 aromatic heterocycles. The van der Waals surface area contributed by atoms with Crippen LogP contribution in [0.1, 0.15) is 13.3 Å². The summed E-state index contributed by atoms with van der Waals surface area (Å²) in [4.78, 5) is 19.7. The van der Waals surface area contributed by atoms with Gasteiger partial charge in [0.05, 0.1) is 0 Å².